The summed E-state index contributed by atoms with van der Waals surface area (Å²) in [5.41, 5.74) is 0.364. The molecular weight excluding hydrogens is 220 g/mol. The van der Waals surface area contributed by atoms with Crippen LogP contribution < -0.4 is 5.32 Å². The summed E-state index contributed by atoms with van der Waals surface area (Å²) >= 11 is 1.88. The lowest BCUT2D eigenvalue weighted by Crippen LogP contribution is -2.46. The molecule has 2 fully saturated rings. The van der Waals surface area contributed by atoms with E-state index >= 15 is 0 Å². The Kier molecular flexibility index (Phi) is 4.14. The second-order valence-electron chi connectivity index (χ2n) is 5.06. The van der Waals surface area contributed by atoms with Crippen molar-refractivity contribution in [1.82, 2.24) is 5.32 Å². The summed E-state index contributed by atoms with van der Waals surface area (Å²) in [7, 11) is 1.72. The Morgan fingerprint density at radius 3 is 2.94 bits per heavy atom. The zero-order valence-electron chi connectivity index (χ0n) is 10.3. The first kappa shape index (κ1) is 12.2. The lowest BCUT2D eigenvalue weighted by Gasteiger charge is -2.35. The molecule has 0 bridgehead atoms. The van der Waals surface area contributed by atoms with Crippen LogP contribution in [0.25, 0.3) is 0 Å². The summed E-state index contributed by atoms with van der Waals surface area (Å²) in [4.78, 5) is 4.53. The molecule has 2 aliphatic rings. The first-order valence-electron chi connectivity index (χ1n) is 6.18. The Hall–Kier alpha value is -0.220. The maximum absolute atomic E-state index is 5.01. The normalized spacial score (nSPS) is 36.9. The minimum Gasteiger partial charge on any atom is -0.383 e. The molecule has 0 radical (unpaired) electrons. The molecule has 3 nitrogen and oxygen atoms in total. The van der Waals surface area contributed by atoms with Gasteiger partial charge in [0.15, 0.2) is 5.17 Å². The van der Waals surface area contributed by atoms with Crippen LogP contribution in [0.15, 0.2) is 4.99 Å². The van der Waals surface area contributed by atoms with Crippen LogP contribution in [0.1, 0.15) is 32.6 Å². The van der Waals surface area contributed by atoms with E-state index in [-0.39, 0.29) is 0 Å². The van der Waals surface area contributed by atoms with Gasteiger partial charge in [0.05, 0.1) is 13.2 Å². The first-order chi connectivity index (χ1) is 7.74. The van der Waals surface area contributed by atoms with Gasteiger partial charge >= 0.3 is 0 Å². The van der Waals surface area contributed by atoms with E-state index in [0.29, 0.717) is 5.54 Å². The van der Waals surface area contributed by atoms with Gasteiger partial charge in [-0.25, -0.2) is 0 Å². The van der Waals surface area contributed by atoms with E-state index in [1.807, 2.05) is 11.8 Å². The quantitative estimate of drug-likeness (QED) is 0.771. The molecule has 1 spiro atoms. The molecule has 1 N–H and O–H groups in total. The molecule has 0 unspecified atom stereocenters. The number of hydrogen-bond donors (Lipinski definition) is 1. The van der Waals surface area contributed by atoms with E-state index < -0.39 is 0 Å². The molecule has 1 saturated carbocycles. The van der Waals surface area contributed by atoms with Gasteiger partial charge in [-0.2, -0.15) is 0 Å². The van der Waals surface area contributed by atoms with Crippen molar-refractivity contribution in [3.05, 3.63) is 0 Å². The lowest BCUT2D eigenvalue weighted by molar-refractivity contribution is 0.207. The van der Waals surface area contributed by atoms with Crippen molar-refractivity contribution in [3.63, 3.8) is 0 Å². The monoisotopic (exact) mass is 242 g/mol. The van der Waals surface area contributed by atoms with E-state index in [1.54, 1.807) is 7.11 Å². The number of methoxy groups -OCH3 is 1. The third kappa shape index (κ3) is 2.92. The summed E-state index contributed by atoms with van der Waals surface area (Å²) in [6, 6.07) is 0. The highest BCUT2D eigenvalue weighted by Crippen LogP contribution is 2.38. The fraction of sp³-hybridized carbons (Fsp3) is 0.917. The molecule has 16 heavy (non-hydrogen) atoms. The lowest BCUT2D eigenvalue weighted by atomic mass is 9.78. The first-order valence-corrected chi connectivity index (χ1v) is 7.17. The van der Waals surface area contributed by atoms with Gasteiger partial charge in [0, 0.05) is 18.4 Å². The number of thioether (sulfide) groups is 1. The number of aliphatic imine (C=N–C) groups is 1. The van der Waals surface area contributed by atoms with Crippen molar-refractivity contribution < 1.29 is 4.74 Å². The molecule has 2 rings (SSSR count). The molecular formula is C12H22N2OS. The van der Waals surface area contributed by atoms with E-state index in [4.69, 9.17) is 4.74 Å². The van der Waals surface area contributed by atoms with Crippen LogP contribution in [-0.4, -0.2) is 36.7 Å². The third-order valence-corrected chi connectivity index (χ3v) is 4.84. The third-order valence-electron chi connectivity index (χ3n) is 3.64. The van der Waals surface area contributed by atoms with Crippen molar-refractivity contribution in [1.29, 1.82) is 0 Å². The zero-order valence-corrected chi connectivity index (χ0v) is 11.1. The molecule has 1 aliphatic carbocycles. The molecule has 0 amide bonds. The molecule has 1 saturated heterocycles. The van der Waals surface area contributed by atoms with Gasteiger partial charge in [-0.15, -0.1) is 0 Å². The Labute approximate surface area is 102 Å². The summed E-state index contributed by atoms with van der Waals surface area (Å²) in [6.07, 6.45) is 5.34. The van der Waals surface area contributed by atoms with E-state index in [1.165, 1.54) is 31.4 Å². The highest BCUT2D eigenvalue weighted by atomic mass is 32.2. The van der Waals surface area contributed by atoms with E-state index in [9.17, 15) is 0 Å². The van der Waals surface area contributed by atoms with Gasteiger partial charge in [-0.05, 0) is 31.6 Å². The number of rotatable bonds is 3. The summed E-state index contributed by atoms with van der Waals surface area (Å²) in [5, 5.41) is 4.77. The Morgan fingerprint density at radius 1 is 1.50 bits per heavy atom. The standard InChI is InChI=1S/C12H22N2OS/c1-10-3-5-12(6-4-10)9-16-11(14-12)13-7-8-15-2/h10H,3-9H2,1-2H3,(H,13,14). The molecule has 0 aromatic heterocycles. The van der Waals surface area contributed by atoms with Gasteiger partial charge in [0.25, 0.3) is 0 Å². The largest absolute Gasteiger partial charge is 0.383 e. The molecule has 0 aromatic rings. The molecule has 4 heteroatoms. The van der Waals surface area contributed by atoms with Crippen molar-refractivity contribution in [2.75, 3.05) is 26.0 Å². The Balaban J connectivity index is 1.84. The van der Waals surface area contributed by atoms with Crippen LogP contribution in [-0.2, 0) is 4.74 Å². The smallest absolute Gasteiger partial charge is 0.157 e. The van der Waals surface area contributed by atoms with E-state index in [0.717, 1.165) is 24.2 Å². The van der Waals surface area contributed by atoms with Crippen molar-refractivity contribution in [2.24, 2.45) is 10.9 Å². The minimum absolute atomic E-state index is 0.364. The van der Waals surface area contributed by atoms with Crippen molar-refractivity contribution >= 4 is 16.9 Å². The van der Waals surface area contributed by atoms with Crippen molar-refractivity contribution in [3.8, 4) is 0 Å². The second kappa shape index (κ2) is 5.41. The fourth-order valence-electron chi connectivity index (χ4n) is 2.41. The van der Waals surface area contributed by atoms with E-state index in [2.05, 4.69) is 17.2 Å². The number of ether oxygens (including phenoxy) is 1. The summed E-state index contributed by atoms with van der Waals surface area (Å²) in [6.45, 7) is 3.86. The van der Waals surface area contributed by atoms with Crippen LogP contribution in [0.3, 0.4) is 0 Å². The van der Waals surface area contributed by atoms with Crippen LogP contribution in [0.4, 0.5) is 0 Å². The SMILES string of the molecule is COCCN=C1NC2(CCC(C)CC2)CS1. The average molecular weight is 242 g/mol. The highest BCUT2D eigenvalue weighted by Gasteiger charge is 2.39. The van der Waals surface area contributed by atoms with Crippen LogP contribution in [0.5, 0.6) is 0 Å². The highest BCUT2D eigenvalue weighted by molar-refractivity contribution is 8.14. The number of amidine groups is 1. The molecule has 1 heterocycles. The van der Waals surface area contributed by atoms with Gasteiger partial charge in [0.1, 0.15) is 0 Å². The average Bonchev–Trinajstić information content (AvgIpc) is 2.68. The minimum atomic E-state index is 0.364. The Bertz CT molecular complexity index is 260. The summed E-state index contributed by atoms with van der Waals surface area (Å²) in [5.74, 6) is 2.11. The maximum Gasteiger partial charge on any atom is 0.157 e. The van der Waals surface area contributed by atoms with Gasteiger partial charge < -0.3 is 10.1 Å². The van der Waals surface area contributed by atoms with Gasteiger partial charge in [-0.1, -0.05) is 18.7 Å². The van der Waals surface area contributed by atoms with Crippen LogP contribution >= 0.6 is 11.8 Å². The van der Waals surface area contributed by atoms with Gasteiger partial charge in [-0.3, -0.25) is 4.99 Å². The number of nitrogens with zero attached hydrogens (tertiary/aromatic N) is 1. The zero-order chi connectivity index (χ0) is 11.4. The predicted octanol–water partition coefficient (Wildman–Crippen LogP) is 2.27. The van der Waals surface area contributed by atoms with Gasteiger partial charge in [0.2, 0.25) is 0 Å². The van der Waals surface area contributed by atoms with Crippen LogP contribution in [0, 0.1) is 5.92 Å². The van der Waals surface area contributed by atoms with Crippen LogP contribution in [0.2, 0.25) is 0 Å². The molecule has 1 aliphatic heterocycles. The number of nitrogens with one attached hydrogen (secondary N) is 1. The fourth-order valence-corrected chi connectivity index (χ4v) is 3.66. The molecule has 0 aromatic carbocycles. The Morgan fingerprint density at radius 2 is 2.25 bits per heavy atom. The topological polar surface area (TPSA) is 33.6 Å². The molecule has 92 valence electrons. The summed E-state index contributed by atoms with van der Waals surface area (Å²) < 4.78 is 5.01. The van der Waals surface area contributed by atoms with Crippen molar-refractivity contribution in [2.45, 2.75) is 38.1 Å². The predicted molar refractivity (Wildman–Crippen MR) is 70.1 cm³/mol. The molecule has 0 atom stereocenters. The number of hydrogen-bond acceptors (Lipinski definition) is 3. The maximum atomic E-state index is 5.01. The second-order valence-corrected chi connectivity index (χ2v) is 6.02.